The molecule has 24 heavy (non-hydrogen) atoms. The number of carbonyl (C=O) groups excluding carboxylic acids is 1. The predicted octanol–water partition coefficient (Wildman–Crippen LogP) is 2.95. The molecule has 1 aliphatic heterocycles. The molecule has 1 fully saturated rings. The van der Waals surface area contributed by atoms with Gasteiger partial charge in [-0.05, 0) is 32.5 Å². The number of alkyl halides is 3. The maximum absolute atomic E-state index is 12.5. The van der Waals surface area contributed by atoms with Gasteiger partial charge < -0.3 is 15.1 Å². The molecule has 1 heterocycles. The lowest BCUT2D eigenvalue weighted by Gasteiger charge is -2.31. The average Bonchev–Trinajstić information content (AvgIpc) is 2.50. The fourth-order valence-electron chi connectivity index (χ4n) is 2.72. The van der Waals surface area contributed by atoms with Gasteiger partial charge in [0.25, 0.3) is 0 Å². The van der Waals surface area contributed by atoms with Gasteiger partial charge in [0, 0.05) is 26.2 Å². The Labute approximate surface area is 155 Å². The molecule has 1 aliphatic rings. The Morgan fingerprint density at radius 1 is 1.12 bits per heavy atom. The summed E-state index contributed by atoms with van der Waals surface area (Å²) in [5.41, 5.74) is 0. The second-order valence-corrected chi connectivity index (χ2v) is 5.76. The molecule has 1 rings (SSSR count). The lowest BCUT2D eigenvalue weighted by Crippen LogP contribution is -2.46. The van der Waals surface area contributed by atoms with Crippen LogP contribution in [0.2, 0.25) is 0 Å². The van der Waals surface area contributed by atoms with Gasteiger partial charge in [0.15, 0.2) is 0 Å². The zero-order chi connectivity index (χ0) is 16.6. The number of piperidine rings is 1. The van der Waals surface area contributed by atoms with Crippen molar-refractivity contribution in [2.24, 2.45) is 5.92 Å². The van der Waals surface area contributed by atoms with Crippen LogP contribution in [0.25, 0.3) is 0 Å². The van der Waals surface area contributed by atoms with Crippen LogP contribution in [0.15, 0.2) is 0 Å². The highest BCUT2D eigenvalue weighted by molar-refractivity contribution is 5.85. The lowest BCUT2D eigenvalue weighted by molar-refractivity contribution is -0.148. The summed E-state index contributed by atoms with van der Waals surface area (Å²) in [7, 11) is 0. The fourth-order valence-corrected chi connectivity index (χ4v) is 2.72. The summed E-state index contributed by atoms with van der Waals surface area (Å²) in [5.74, 6) is -0.317. The van der Waals surface area contributed by atoms with Crippen molar-refractivity contribution in [3.8, 4) is 0 Å². The molecule has 0 aromatic heterocycles. The molecule has 4 nitrogen and oxygen atoms in total. The zero-order valence-electron chi connectivity index (χ0n) is 14.4. The van der Waals surface area contributed by atoms with E-state index in [1.54, 1.807) is 0 Å². The van der Waals surface area contributed by atoms with Crippen LogP contribution in [-0.2, 0) is 4.79 Å². The largest absolute Gasteiger partial charge is 0.390 e. The highest BCUT2D eigenvalue weighted by Crippen LogP contribution is 2.21. The highest BCUT2D eigenvalue weighted by atomic mass is 35.5. The molecule has 0 aromatic rings. The molecule has 1 unspecified atom stereocenters. The van der Waals surface area contributed by atoms with Crippen LogP contribution in [0, 0.1) is 5.92 Å². The summed E-state index contributed by atoms with van der Waals surface area (Å²) in [4.78, 5) is 16.0. The van der Waals surface area contributed by atoms with Gasteiger partial charge >= 0.3 is 6.18 Å². The number of halogens is 5. The van der Waals surface area contributed by atoms with Crippen LogP contribution >= 0.6 is 24.8 Å². The Kier molecular flexibility index (Phi) is 14.1. The smallest absolute Gasteiger partial charge is 0.341 e. The molecule has 1 amide bonds. The maximum Gasteiger partial charge on any atom is 0.390 e. The Balaban J connectivity index is 0. The molecular formula is C15H30Cl2F3N3O. The monoisotopic (exact) mass is 395 g/mol. The second-order valence-electron chi connectivity index (χ2n) is 5.76. The number of hydrogen-bond acceptors (Lipinski definition) is 3. The minimum atomic E-state index is -4.22. The van der Waals surface area contributed by atoms with E-state index in [0.29, 0.717) is 19.6 Å². The van der Waals surface area contributed by atoms with Gasteiger partial charge in [0.1, 0.15) is 0 Å². The number of hydrogen-bond donors (Lipinski definition) is 1. The number of rotatable bonds is 8. The van der Waals surface area contributed by atoms with Crippen LogP contribution in [0.4, 0.5) is 13.2 Å². The summed E-state index contributed by atoms with van der Waals surface area (Å²) in [5, 5.41) is 3.15. The summed E-state index contributed by atoms with van der Waals surface area (Å²) in [6.07, 6.45) is -3.49. The van der Waals surface area contributed by atoms with Gasteiger partial charge in [0.2, 0.25) is 5.91 Å². The van der Waals surface area contributed by atoms with Crippen molar-refractivity contribution < 1.29 is 18.0 Å². The van der Waals surface area contributed by atoms with Gasteiger partial charge in [-0.1, -0.05) is 13.8 Å². The van der Waals surface area contributed by atoms with Crippen LogP contribution in [0.1, 0.15) is 33.1 Å². The van der Waals surface area contributed by atoms with E-state index in [1.807, 2.05) is 13.8 Å². The van der Waals surface area contributed by atoms with Crippen molar-refractivity contribution in [1.82, 2.24) is 15.1 Å². The average molecular weight is 396 g/mol. The SMILES string of the molecule is CCN(CC)CCN(CCC(F)(F)F)C(=O)C1CCCNC1.Cl.Cl. The van der Waals surface area contributed by atoms with Gasteiger partial charge in [-0.2, -0.15) is 13.2 Å². The van der Waals surface area contributed by atoms with Crippen molar-refractivity contribution in [2.45, 2.75) is 39.3 Å². The van der Waals surface area contributed by atoms with E-state index in [-0.39, 0.29) is 43.2 Å². The van der Waals surface area contributed by atoms with Gasteiger partial charge in [-0.15, -0.1) is 24.8 Å². The summed E-state index contributed by atoms with van der Waals surface area (Å²) in [6.45, 7) is 7.90. The third-order valence-electron chi connectivity index (χ3n) is 4.20. The van der Waals surface area contributed by atoms with E-state index in [2.05, 4.69) is 10.2 Å². The molecule has 1 N–H and O–H groups in total. The molecule has 1 saturated heterocycles. The Hall–Kier alpha value is -0.240. The molecule has 0 spiro atoms. The van der Waals surface area contributed by atoms with Crippen molar-refractivity contribution in [3.05, 3.63) is 0 Å². The number of amides is 1. The molecule has 0 saturated carbocycles. The van der Waals surface area contributed by atoms with E-state index in [1.165, 1.54) is 4.90 Å². The maximum atomic E-state index is 12.5. The topological polar surface area (TPSA) is 35.6 Å². The van der Waals surface area contributed by atoms with Crippen LogP contribution in [-0.4, -0.2) is 67.7 Å². The molecule has 0 aromatic carbocycles. The molecule has 0 bridgehead atoms. The molecule has 9 heteroatoms. The Morgan fingerprint density at radius 3 is 2.21 bits per heavy atom. The fraction of sp³-hybridized carbons (Fsp3) is 0.933. The number of carbonyl (C=O) groups is 1. The first kappa shape index (κ1) is 26.0. The van der Waals surface area contributed by atoms with Crippen molar-refractivity contribution in [1.29, 1.82) is 0 Å². The first-order valence-corrected chi connectivity index (χ1v) is 8.16. The molecule has 0 radical (unpaired) electrons. The van der Waals surface area contributed by atoms with Crippen molar-refractivity contribution in [2.75, 3.05) is 45.8 Å². The number of nitrogens with one attached hydrogen (secondary N) is 1. The quantitative estimate of drug-likeness (QED) is 0.686. The van der Waals surface area contributed by atoms with Crippen LogP contribution < -0.4 is 5.32 Å². The van der Waals surface area contributed by atoms with Crippen molar-refractivity contribution >= 4 is 30.7 Å². The Bertz CT molecular complexity index is 336. The molecule has 0 aliphatic carbocycles. The number of likely N-dealkylation sites (N-methyl/N-ethyl adjacent to an activating group) is 1. The van der Waals surface area contributed by atoms with E-state index in [4.69, 9.17) is 0 Å². The van der Waals surface area contributed by atoms with E-state index in [9.17, 15) is 18.0 Å². The summed E-state index contributed by atoms with van der Waals surface area (Å²) < 4.78 is 37.5. The normalized spacial score (nSPS) is 17.8. The minimum absolute atomic E-state index is 0. The predicted molar refractivity (Wildman–Crippen MR) is 95.1 cm³/mol. The van der Waals surface area contributed by atoms with E-state index < -0.39 is 12.6 Å². The zero-order valence-corrected chi connectivity index (χ0v) is 16.0. The second kappa shape index (κ2) is 13.0. The first-order chi connectivity index (χ1) is 10.4. The van der Waals surface area contributed by atoms with Gasteiger partial charge in [-0.25, -0.2) is 0 Å². The van der Waals surface area contributed by atoms with E-state index in [0.717, 1.165) is 32.5 Å². The lowest BCUT2D eigenvalue weighted by atomic mass is 9.98. The molecule has 146 valence electrons. The highest BCUT2D eigenvalue weighted by Gasteiger charge is 2.31. The van der Waals surface area contributed by atoms with Gasteiger partial charge in [-0.3, -0.25) is 4.79 Å². The molecule has 1 atom stereocenters. The van der Waals surface area contributed by atoms with Gasteiger partial charge in [0.05, 0.1) is 12.3 Å². The van der Waals surface area contributed by atoms with Crippen LogP contribution in [0.5, 0.6) is 0 Å². The Morgan fingerprint density at radius 2 is 1.75 bits per heavy atom. The first-order valence-electron chi connectivity index (χ1n) is 8.16. The summed E-state index contributed by atoms with van der Waals surface area (Å²) in [6, 6.07) is 0. The van der Waals surface area contributed by atoms with E-state index >= 15 is 0 Å². The molecular weight excluding hydrogens is 366 g/mol. The minimum Gasteiger partial charge on any atom is -0.341 e. The summed E-state index contributed by atoms with van der Waals surface area (Å²) >= 11 is 0. The third-order valence-corrected chi connectivity index (χ3v) is 4.20. The standard InChI is InChI=1S/C15H28F3N3O.2ClH/c1-3-20(4-2)10-11-21(9-7-15(16,17)18)14(22)13-6-5-8-19-12-13;;/h13,19H,3-12H2,1-2H3;2*1H. The number of nitrogens with zero attached hydrogens (tertiary/aromatic N) is 2. The van der Waals surface area contributed by atoms with Crippen molar-refractivity contribution in [3.63, 3.8) is 0 Å². The van der Waals surface area contributed by atoms with Crippen LogP contribution in [0.3, 0.4) is 0 Å². The third kappa shape index (κ3) is 9.91.